The minimum atomic E-state index is -0.305. The van der Waals surface area contributed by atoms with Crippen LogP contribution in [-0.2, 0) is 4.74 Å². The molecule has 2 unspecified atom stereocenters. The quantitative estimate of drug-likeness (QED) is 0.800. The van der Waals surface area contributed by atoms with Gasteiger partial charge >= 0.3 is 5.97 Å². The molecule has 2 atom stereocenters. The molecule has 1 aliphatic carbocycles. The molecule has 4 heteroatoms. The molecule has 0 bridgehead atoms. The van der Waals surface area contributed by atoms with Gasteiger partial charge in [-0.3, -0.25) is 0 Å². The zero-order chi connectivity index (χ0) is 13.0. The summed E-state index contributed by atoms with van der Waals surface area (Å²) in [5.41, 5.74) is 7.20. The minimum Gasteiger partial charge on any atom is -0.465 e. The van der Waals surface area contributed by atoms with E-state index in [0.717, 1.165) is 18.5 Å². The summed E-state index contributed by atoms with van der Waals surface area (Å²) in [6.07, 6.45) is 3.46. The van der Waals surface area contributed by atoms with Crippen LogP contribution < -0.4 is 11.1 Å². The van der Waals surface area contributed by atoms with Crippen molar-refractivity contribution in [3.05, 3.63) is 29.8 Å². The van der Waals surface area contributed by atoms with Crippen LogP contribution in [0.15, 0.2) is 24.3 Å². The van der Waals surface area contributed by atoms with Crippen molar-refractivity contribution in [1.82, 2.24) is 0 Å². The predicted octanol–water partition coefficient (Wildman–Crippen LogP) is 2.01. The highest BCUT2D eigenvalue weighted by Crippen LogP contribution is 2.29. The average molecular weight is 248 g/mol. The number of carbonyl (C=O) groups is 1. The molecule has 0 aliphatic heterocycles. The Morgan fingerprint density at radius 3 is 2.94 bits per heavy atom. The highest BCUT2D eigenvalue weighted by atomic mass is 16.5. The van der Waals surface area contributed by atoms with Crippen molar-refractivity contribution in [2.24, 2.45) is 11.7 Å². The second-order valence-electron chi connectivity index (χ2n) is 4.71. The summed E-state index contributed by atoms with van der Waals surface area (Å²) < 4.78 is 4.79. The maximum Gasteiger partial charge on any atom is 0.339 e. The van der Waals surface area contributed by atoms with Crippen LogP contribution in [0.25, 0.3) is 0 Å². The highest BCUT2D eigenvalue weighted by Gasteiger charge is 2.26. The number of carbonyl (C=O) groups excluding carboxylic acids is 1. The molecule has 1 aromatic carbocycles. The van der Waals surface area contributed by atoms with Crippen molar-refractivity contribution in [2.45, 2.75) is 25.3 Å². The van der Waals surface area contributed by atoms with Gasteiger partial charge in [0, 0.05) is 11.7 Å². The summed E-state index contributed by atoms with van der Waals surface area (Å²) in [5, 5.41) is 3.44. The lowest BCUT2D eigenvalue weighted by atomic mass is 10.0. The van der Waals surface area contributed by atoms with E-state index in [2.05, 4.69) is 5.32 Å². The Bertz CT molecular complexity index is 420. The first-order valence-electron chi connectivity index (χ1n) is 6.40. The van der Waals surface area contributed by atoms with E-state index < -0.39 is 0 Å². The van der Waals surface area contributed by atoms with Crippen LogP contribution in [0.1, 0.15) is 29.6 Å². The number of esters is 1. The Labute approximate surface area is 108 Å². The van der Waals surface area contributed by atoms with Gasteiger partial charge in [-0.25, -0.2) is 4.79 Å². The molecule has 4 nitrogen and oxygen atoms in total. The van der Waals surface area contributed by atoms with Crippen LogP contribution in [-0.4, -0.2) is 25.7 Å². The van der Waals surface area contributed by atoms with Crippen molar-refractivity contribution in [3.8, 4) is 0 Å². The van der Waals surface area contributed by atoms with Gasteiger partial charge in [-0.15, -0.1) is 0 Å². The molecule has 18 heavy (non-hydrogen) atoms. The maximum atomic E-state index is 11.7. The number of para-hydroxylation sites is 1. The molecular weight excluding hydrogens is 228 g/mol. The second kappa shape index (κ2) is 5.87. The summed E-state index contributed by atoms with van der Waals surface area (Å²) in [4.78, 5) is 11.7. The van der Waals surface area contributed by atoms with Crippen molar-refractivity contribution < 1.29 is 9.53 Å². The molecule has 0 amide bonds. The molecule has 1 fully saturated rings. The summed E-state index contributed by atoms with van der Waals surface area (Å²) in [6, 6.07) is 7.81. The van der Waals surface area contributed by atoms with Crippen LogP contribution in [0, 0.1) is 5.92 Å². The molecular formula is C14H20N2O2. The zero-order valence-corrected chi connectivity index (χ0v) is 10.7. The molecule has 0 heterocycles. The Morgan fingerprint density at radius 1 is 1.44 bits per heavy atom. The monoisotopic (exact) mass is 248 g/mol. The number of hydrogen-bond acceptors (Lipinski definition) is 4. The molecule has 98 valence electrons. The predicted molar refractivity (Wildman–Crippen MR) is 71.6 cm³/mol. The van der Waals surface area contributed by atoms with E-state index in [0.29, 0.717) is 24.1 Å². The van der Waals surface area contributed by atoms with Crippen LogP contribution >= 0.6 is 0 Å². The third-order valence-corrected chi connectivity index (χ3v) is 3.64. The number of hydrogen-bond donors (Lipinski definition) is 2. The van der Waals surface area contributed by atoms with Crippen LogP contribution in [0.2, 0.25) is 0 Å². The lowest BCUT2D eigenvalue weighted by Gasteiger charge is -2.22. The number of benzene rings is 1. The van der Waals surface area contributed by atoms with E-state index >= 15 is 0 Å². The summed E-state index contributed by atoms with van der Waals surface area (Å²) >= 11 is 0. The topological polar surface area (TPSA) is 64.3 Å². The largest absolute Gasteiger partial charge is 0.465 e. The van der Waals surface area contributed by atoms with Crippen molar-refractivity contribution in [2.75, 3.05) is 19.0 Å². The minimum absolute atomic E-state index is 0.305. The van der Waals surface area contributed by atoms with E-state index in [-0.39, 0.29) is 5.97 Å². The zero-order valence-electron chi connectivity index (χ0n) is 10.7. The summed E-state index contributed by atoms with van der Waals surface area (Å²) in [7, 11) is 1.40. The van der Waals surface area contributed by atoms with Crippen LogP contribution in [0.3, 0.4) is 0 Å². The SMILES string of the molecule is COC(=O)c1ccccc1NC1CCCC1CN. The summed E-state index contributed by atoms with van der Waals surface area (Å²) in [6.45, 7) is 0.693. The molecule has 0 aromatic heterocycles. The lowest BCUT2D eigenvalue weighted by molar-refractivity contribution is 0.0602. The van der Waals surface area contributed by atoms with Gasteiger partial charge in [-0.05, 0) is 37.4 Å². The molecule has 1 saturated carbocycles. The highest BCUT2D eigenvalue weighted by molar-refractivity contribution is 5.95. The first-order chi connectivity index (χ1) is 8.76. The van der Waals surface area contributed by atoms with Gasteiger partial charge in [0.2, 0.25) is 0 Å². The molecule has 0 saturated heterocycles. The number of anilines is 1. The Hall–Kier alpha value is -1.55. The van der Waals surface area contributed by atoms with Crippen molar-refractivity contribution in [1.29, 1.82) is 0 Å². The first kappa shape index (κ1) is 12.9. The third kappa shape index (κ3) is 2.64. The smallest absolute Gasteiger partial charge is 0.339 e. The molecule has 0 radical (unpaired) electrons. The van der Waals surface area contributed by atoms with Crippen molar-refractivity contribution >= 4 is 11.7 Å². The third-order valence-electron chi connectivity index (χ3n) is 3.64. The molecule has 1 aromatic rings. The van der Waals surface area contributed by atoms with Gasteiger partial charge < -0.3 is 15.8 Å². The molecule has 2 rings (SSSR count). The number of nitrogens with two attached hydrogens (primary N) is 1. The lowest BCUT2D eigenvalue weighted by Crippen LogP contribution is -2.30. The average Bonchev–Trinajstić information content (AvgIpc) is 2.86. The Kier molecular flexibility index (Phi) is 4.20. The van der Waals surface area contributed by atoms with E-state index in [1.165, 1.54) is 13.5 Å². The normalized spacial score (nSPS) is 22.8. The van der Waals surface area contributed by atoms with Gasteiger partial charge in [-0.1, -0.05) is 18.6 Å². The van der Waals surface area contributed by atoms with Crippen LogP contribution in [0.5, 0.6) is 0 Å². The number of ether oxygens (including phenoxy) is 1. The fraction of sp³-hybridized carbons (Fsp3) is 0.500. The first-order valence-corrected chi connectivity index (χ1v) is 6.40. The van der Waals surface area contributed by atoms with Gasteiger partial charge in [-0.2, -0.15) is 0 Å². The van der Waals surface area contributed by atoms with Gasteiger partial charge in [0.05, 0.1) is 12.7 Å². The molecule has 0 spiro atoms. The van der Waals surface area contributed by atoms with Crippen LogP contribution in [0.4, 0.5) is 5.69 Å². The molecule has 1 aliphatic rings. The standard InChI is InChI=1S/C14H20N2O2/c1-18-14(17)11-6-2-3-7-13(11)16-12-8-4-5-10(12)9-15/h2-3,6-7,10,12,16H,4-5,8-9,15H2,1H3. The van der Waals surface area contributed by atoms with E-state index in [4.69, 9.17) is 10.5 Å². The summed E-state index contributed by atoms with van der Waals surface area (Å²) in [5.74, 6) is 0.191. The van der Waals surface area contributed by atoms with Crippen molar-refractivity contribution in [3.63, 3.8) is 0 Å². The van der Waals surface area contributed by atoms with E-state index in [9.17, 15) is 4.79 Å². The Morgan fingerprint density at radius 2 is 2.22 bits per heavy atom. The number of methoxy groups -OCH3 is 1. The van der Waals surface area contributed by atoms with Gasteiger partial charge in [0.15, 0.2) is 0 Å². The molecule has 3 N–H and O–H groups in total. The fourth-order valence-electron chi connectivity index (χ4n) is 2.61. The fourth-order valence-corrected chi connectivity index (χ4v) is 2.61. The van der Waals surface area contributed by atoms with E-state index in [1.807, 2.05) is 18.2 Å². The van der Waals surface area contributed by atoms with Gasteiger partial charge in [0.25, 0.3) is 0 Å². The van der Waals surface area contributed by atoms with E-state index in [1.54, 1.807) is 6.07 Å². The maximum absolute atomic E-state index is 11.7. The Balaban J connectivity index is 2.16. The number of nitrogens with one attached hydrogen (secondary N) is 1. The van der Waals surface area contributed by atoms with Gasteiger partial charge in [0.1, 0.15) is 0 Å². The number of rotatable bonds is 4. The second-order valence-corrected chi connectivity index (χ2v) is 4.71.